The van der Waals surface area contributed by atoms with Gasteiger partial charge in [0.05, 0.1) is 17.3 Å². The fourth-order valence-electron chi connectivity index (χ4n) is 1.61. The molecule has 0 saturated heterocycles. The van der Waals surface area contributed by atoms with Crippen molar-refractivity contribution in [1.29, 1.82) is 5.26 Å². The van der Waals surface area contributed by atoms with Crippen molar-refractivity contribution in [1.82, 2.24) is 0 Å². The van der Waals surface area contributed by atoms with Crippen molar-refractivity contribution in [2.75, 3.05) is 5.32 Å². The fourth-order valence-corrected chi connectivity index (χ4v) is 1.61. The largest absolute Gasteiger partial charge is 0.379 e. The Kier molecular flexibility index (Phi) is 3.71. The highest BCUT2D eigenvalue weighted by Crippen LogP contribution is 2.19. The van der Waals surface area contributed by atoms with Crippen LogP contribution in [0.1, 0.15) is 11.1 Å². The second kappa shape index (κ2) is 5.44. The summed E-state index contributed by atoms with van der Waals surface area (Å²) in [5.74, 6) is -3.21. The van der Waals surface area contributed by atoms with Crippen LogP contribution >= 0.6 is 0 Å². The van der Waals surface area contributed by atoms with Gasteiger partial charge >= 0.3 is 0 Å². The molecule has 0 aliphatic rings. The molecule has 0 aromatic heterocycles. The number of nitriles is 1. The van der Waals surface area contributed by atoms with Gasteiger partial charge in [0, 0.05) is 18.7 Å². The lowest BCUT2D eigenvalue weighted by atomic mass is 10.1. The Morgan fingerprint density at radius 1 is 1.00 bits per heavy atom. The van der Waals surface area contributed by atoms with Gasteiger partial charge in [0.1, 0.15) is 5.82 Å². The Balaban J connectivity index is 2.14. The van der Waals surface area contributed by atoms with Gasteiger partial charge in [0.15, 0.2) is 11.6 Å². The minimum atomic E-state index is -1.23. The van der Waals surface area contributed by atoms with Crippen molar-refractivity contribution >= 4 is 5.69 Å². The molecular weight excluding hydrogens is 253 g/mol. The Labute approximate surface area is 108 Å². The number of nitrogens with one attached hydrogen (secondary N) is 1. The molecule has 0 heterocycles. The molecule has 0 saturated carbocycles. The van der Waals surface area contributed by atoms with E-state index in [1.165, 1.54) is 0 Å². The van der Waals surface area contributed by atoms with Crippen LogP contribution in [0.2, 0.25) is 0 Å². The van der Waals surface area contributed by atoms with E-state index in [0.29, 0.717) is 11.6 Å². The first kappa shape index (κ1) is 13.0. The lowest BCUT2D eigenvalue weighted by Crippen LogP contribution is -2.03. The van der Waals surface area contributed by atoms with Crippen LogP contribution in [0.3, 0.4) is 0 Å². The quantitative estimate of drug-likeness (QED) is 0.858. The third kappa shape index (κ3) is 3.05. The van der Waals surface area contributed by atoms with E-state index in [0.717, 1.165) is 11.6 Å². The summed E-state index contributed by atoms with van der Waals surface area (Å²) in [5.41, 5.74) is 1.09. The zero-order valence-corrected chi connectivity index (χ0v) is 9.75. The van der Waals surface area contributed by atoms with Gasteiger partial charge in [-0.25, -0.2) is 13.2 Å². The summed E-state index contributed by atoms with van der Waals surface area (Å²) >= 11 is 0. The Morgan fingerprint density at radius 2 is 1.74 bits per heavy atom. The summed E-state index contributed by atoms with van der Waals surface area (Å²) in [6.45, 7) is 0.206. The molecule has 0 radical (unpaired) electrons. The maximum Gasteiger partial charge on any atom is 0.161 e. The van der Waals surface area contributed by atoms with E-state index in [-0.39, 0.29) is 12.2 Å². The third-order valence-electron chi connectivity index (χ3n) is 2.55. The van der Waals surface area contributed by atoms with Crippen molar-refractivity contribution < 1.29 is 13.2 Å². The van der Waals surface area contributed by atoms with Crippen LogP contribution < -0.4 is 5.32 Å². The van der Waals surface area contributed by atoms with E-state index in [1.54, 1.807) is 24.3 Å². The molecule has 2 aromatic rings. The highest BCUT2D eigenvalue weighted by molar-refractivity contribution is 5.46. The second-order valence-corrected chi connectivity index (χ2v) is 3.91. The predicted octanol–water partition coefficient (Wildman–Crippen LogP) is 3.59. The molecule has 2 aromatic carbocycles. The van der Waals surface area contributed by atoms with Crippen molar-refractivity contribution in [2.45, 2.75) is 6.54 Å². The van der Waals surface area contributed by atoms with E-state index in [4.69, 9.17) is 5.26 Å². The van der Waals surface area contributed by atoms with Gasteiger partial charge in [0.2, 0.25) is 0 Å². The number of benzene rings is 2. The molecule has 19 heavy (non-hydrogen) atoms. The number of anilines is 1. The van der Waals surface area contributed by atoms with E-state index >= 15 is 0 Å². The van der Waals surface area contributed by atoms with Gasteiger partial charge < -0.3 is 5.32 Å². The van der Waals surface area contributed by atoms with Crippen LogP contribution in [0.4, 0.5) is 18.9 Å². The number of nitrogens with zero attached hydrogens (tertiary/aromatic N) is 1. The third-order valence-corrected chi connectivity index (χ3v) is 2.55. The molecule has 1 N–H and O–H groups in total. The van der Waals surface area contributed by atoms with Crippen LogP contribution in [-0.2, 0) is 6.54 Å². The van der Waals surface area contributed by atoms with Gasteiger partial charge in [-0.3, -0.25) is 0 Å². The predicted molar refractivity (Wildman–Crippen MR) is 64.8 cm³/mol. The van der Waals surface area contributed by atoms with E-state index in [2.05, 4.69) is 5.32 Å². The van der Waals surface area contributed by atoms with Gasteiger partial charge in [-0.15, -0.1) is 0 Å². The Hall–Kier alpha value is -2.48. The minimum Gasteiger partial charge on any atom is -0.379 e. The first-order chi connectivity index (χ1) is 9.10. The van der Waals surface area contributed by atoms with Gasteiger partial charge in [0.25, 0.3) is 0 Å². The molecule has 2 rings (SSSR count). The number of hydrogen-bond donors (Lipinski definition) is 1. The van der Waals surface area contributed by atoms with E-state index < -0.39 is 17.5 Å². The molecule has 0 spiro atoms. The van der Waals surface area contributed by atoms with E-state index in [9.17, 15) is 13.2 Å². The maximum atomic E-state index is 13.4. The van der Waals surface area contributed by atoms with Gasteiger partial charge in [-0.1, -0.05) is 12.1 Å². The lowest BCUT2D eigenvalue weighted by Gasteiger charge is -2.08. The number of hydrogen-bond acceptors (Lipinski definition) is 2. The number of rotatable bonds is 3. The van der Waals surface area contributed by atoms with Crippen molar-refractivity contribution in [3.63, 3.8) is 0 Å². The van der Waals surface area contributed by atoms with Crippen LogP contribution in [0.15, 0.2) is 36.4 Å². The smallest absolute Gasteiger partial charge is 0.161 e. The number of halogens is 3. The first-order valence-corrected chi connectivity index (χ1v) is 5.47. The maximum absolute atomic E-state index is 13.4. The van der Waals surface area contributed by atoms with Crippen molar-refractivity contribution in [3.05, 3.63) is 65.0 Å². The Morgan fingerprint density at radius 3 is 2.47 bits per heavy atom. The van der Waals surface area contributed by atoms with E-state index in [1.807, 2.05) is 6.07 Å². The zero-order valence-electron chi connectivity index (χ0n) is 9.75. The second-order valence-electron chi connectivity index (χ2n) is 3.91. The standard InChI is InChI=1S/C14H9F3N2/c15-11-5-13(17)14(6-12(11)16)19-8-10-3-1-2-9(4-10)7-18/h1-6,19H,8H2. The topological polar surface area (TPSA) is 35.8 Å². The minimum absolute atomic E-state index is 0.124. The summed E-state index contributed by atoms with van der Waals surface area (Å²) in [6, 6.07) is 9.94. The molecule has 0 aliphatic heterocycles. The summed E-state index contributed by atoms with van der Waals surface area (Å²) in [5, 5.41) is 11.4. The molecule has 0 unspecified atom stereocenters. The summed E-state index contributed by atoms with van der Waals surface area (Å²) < 4.78 is 39.1. The average Bonchev–Trinajstić information content (AvgIpc) is 2.41. The lowest BCUT2D eigenvalue weighted by molar-refractivity contribution is 0.496. The van der Waals surface area contributed by atoms with Crippen LogP contribution in [0.25, 0.3) is 0 Å². The van der Waals surface area contributed by atoms with Gasteiger partial charge in [-0.2, -0.15) is 5.26 Å². The average molecular weight is 262 g/mol. The summed E-state index contributed by atoms with van der Waals surface area (Å²) in [4.78, 5) is 0. The monoisotopic (exact) mass is 262 g/mol. The van der Waals surface area contributed by atoms with Crippen LogP contribution in [0, 0.1) is 28.8 Å². The zero-order chi connectivity index (χ0) is 13.8. The molecule has 0 atom stereocenters. The van der Waals surface area contributed by atoms with Crippen LogP contribution in [-0.4, -0.2) is 0 Å². The van der Waals surface area contributed by atoms with Gasteiger partial charge in [-0.05, 0) is 17.7 Å². The molecule has 5 heteroatoms. The van der Waals surface area contributed by atoms with Crippen molar-refractivity contribution in [3.8, 4) is 6.07 Å². The molecule has 0 amide bonds. The Bertz CT molecular complexity index is 648. The van der Waals surface area contributed by atoms with Crippen molar-refractivity contribution in [2.24, 2.45) is 0 Å². The summed E-state index contributed by atoms with van der Waals surface area (Å²) in [7, 11) is 0. The molecule has 0 fully saturated rings. The van der Waals surface area contributed by atoms with Crippen LogP contribution in [0.5, 0.6) is 0 Å². The molecule has 0 bridgehead atoms. The molecule has 96 valence electrons. The first-order valence-electron chi connectivity index (χ1n) is 5.47. The fraction of sp³-hybridized carbons (Fsp3) is 0.0714. The molecular formula is C14H9F3N2. The molecule has 0 aliphatic carbocycles. The highest BCUT2D eigenvalue weighted by atomic mass is 19.2. The molecule has 2 nitrogen and oxygen atoms in total. The summed E-state index contributed by atoms with van der Waals surface area (Å²) in [6.07, 6.45) is 0. The SMILES string of the molecule is N#Cc1cccc(CNc2cc(F)c(F)cc2F)c1. The normalized spacial score (nSPS) is 10.0. The highest BCUT2D eigenvalue weighted by Gasteiger charge is 2.09.